The van der Waals surface area contributed by atoms with E-state index in [1.54, 1.807) is 26.3 Å². The molecule has 2 aliphatic rings. The number of nitrogens with two attached hydrogens (primary N) is 1. The van der Waals surface area contributed by atoms with E-state index in [-0.39, 0.29) is 5.91 Å². The molecule has 1 aromatic carbocycles. The van der Waals surface area contributed by atoms with E-state index >= 15 is 0 Å². The minimum atomic E-state index is -0.531. The Kier molecular flexibility index (Phi) is 7.37. The Morgan fingerprint density at radius 2 is 2.00 bits per heavy atom. The molecule has 0 saturated carbocycles. The normalized spacial score (nSPS) is 16.9. The molecule has 0 aliphatic carbocycles. The minimum Gasteiger partial charge on any atom is -0.481 e. The van der Waals surface area contributed by atoms with Crippen LogP contribution >= 0.6 is 0 Å². The number of likely N-dealkylation sites (tertiary alicyclic amines) is 1. The highest BCUT2D eigenvalue weighted by Gasteiger charge is 2.25. The lowest BCUT2D eigenvalue weighted by Crippen LogP contribution is -2.36. The van der Waals surface area contributed by atoms with Gasteiger partial charge in [0.1, 0.15) is 18.1 Å². The number of piperidine rings is 1. The zero-order valence-electron chi connectivity index (χ0n) is 21.6. The van der Waals surface area contributed by atoms with E-state index in [2.05, 4.69) is 27.8 Å². The number of carbonyl (C=O) groups is 2. The molecule has 0 radical (unpaired) electrons. The lowest BCUT2D eigenvalue weighted by molar-refractivity contribution is -0.129. The van der Waals surface area contributed by atoms with Crippen LogP contribution in [0.5, 0.6) is 5.88 Å². The van der Waals surface area contributed by atoms with E-state index in [0.717, 1.165) is 54.6 Å². The number of hydrogen-bond donors (Lipinski definition) is 3. The molecular weight excluding hydrogens is 480 g/mol. The number of pyridine rings is 2. The predicted molar refractivity (Wildman–Crippen MR) is 147 cm³/mol. The zero-order chi connectivity index (χ0) is 26.6. The van der Waals surface area contributed by atoms with Crippen molar-refractivity contribution in [2.45, 2.75) is 38.3 Å². The van der Waals surface area contributed by atoms with Gasteiger partial charge in [-0.15, -0.1) is 0 Å². The third-order valence-corrected chi connectivity index (χ3v) is 7.28. The molecule has 2 aromatic heterocycles. The van der Waals surface area contributed by atoms with Crippen LogP contribution in [0.25, 0.3) is 17.5 Å². The van der Waals surface area contributed by atoms with Crippen LogP contribution in [-0.4, -0.2) is 47.3 Å². The summed E-state index contributed by atoms with van der Waals surface area (Å²) in [5, 5.41) is 6.55. The number of methoxy groups -OCH3 is 1. The third-order valence-electron chi connectivity index (χ3n) is 7.28. The maximum absolute atomic E-state index is 11.9. The van der Waals surface area contributed by atoms with Crippen molar-refractivity contribution in [3.8, 4) is 17.3 Å². The number of aromatic nitrogens is 2. The van der Waals surface area contributed by atoms with Crippen molar-refractivity contribution in [2.24, 2.45) is 5.73 Å². The number of anilines is 2. The Balaban J connectivity index is 1.49. The molecule has 3 aromatic rings. The van der Waals surface area contributed by atoms with Crippen LogP contribution in [0.3, 0.4) is 0 Å². The van der Waals surface area contributed by atoms with Gasteiger partial charge in [-0.25, -0.2) is 9.97 Å². The van der Waals surface area contributed by atoms with E-state index in [1.165, 1.54) is 5.56 Å². The molecule has 5 rings (SSSR count). The van der Waals surface area contributed by atoms with E-state index in [1.807, 2.05) is 35.2 Å². The van der Waals surface area contributed by atoms with Gasteiger partial charge >= 0.3 is 0 Å². The fraction of sp³-hybridized carbons (Fsp3) is 0.310. The molecule has 1 saturated heterocycles. The van der Waals surface area contributed by atoms with Gasteiger partial charge in [0.05, 0.1) is 18.5 Å². The van der Waals surface area contributed by atoms with Crippen LogP contribution in [0.4, 0.5) is 11.5 Å². The second-order valence-electron chi connectivity index (χ2n) is 9.56. The van der Waals surface area contributed by atoms with Crippen molar-refractivity contribution >= 4 is 29.8 Å². The Hall–Kier alpha value is -4.24. The first-order valence-electron chi connectivity index (χ1n) is 12.8. The molecule has 4 N–H and O–H groups in total. The highest BCUT2D eigenvalue weighted by Crippen LogP contribution is 2.36. The van der Waals surface area contributed by atoms with Crippen molar-refractivity contribution in [3.05, 3.63) is 70.9 Å². The first-order valence-corrected chi connectivity index (χ1v) is 12.8. The van der Waals surface area contributed by atoms with Crippen LogP contribution < -0.4 is 21.1 Å². The van der Waals surface area contributed by atoms with Gasteiger partial charge in [-0.2, -0.15) is 0 Å². The number of aldehydes is 1. The van der Waals surface area contributed by atoms with Crippen LogP contribution in [0.2, 0.25) is 0 Å². The summed E-state index contributed by atoms with van der Waals surface area (Å²) in [5.74, 6) is 1.56. The Morgan fingerprint density at radius 1 is 1.18 bits per heavy atom. The number of fused-ring (bicyclic) bond motifs is 1. The Morgan fingerprint density at radius 3 is 2.71 bits per heavy atom. The quantitative estimate of drug-likeness (QED) is 0.408. The molecule has 1 unspecified atom stereocenters. The van der Waals surface area contributed by atoms with E-state index in [9.17, 15) is 9.59 Å². The second kappa shape index (κ2) is 11.0. The monoisotopic (exact) mass is 512 g/mol. The fourth-order valence-corrected chi connectivity index (χ4v) is 5.27. The van der Waals surface area contributed by atoms with Crippen LogP contribution in [0, 0.1) is 0 Å². The average molecular weight is 513 g/mol. The second-order valence-corrected chi connectivity index (χ2v) is 9.56. The molecule has 1 atom stereocenters. The maximum atomic E-state index is 11.9. The third kappa shape index (κ3) is 5.10. The molecule has 196 valence electrons. The number of nitrogens with one attached hydrogen (secondary N) is 2. The standard InChI is InChI=1S/C29H32N6O3/c1-18(37)35-12-9-19(10-13-35)23-7-6-22(14-21(23)16-30)32-29-28-20(8-11-31-26(28)17-36)15-25(34-29)24-4-3-5-27(33-24)38-2/h3-8,11,14-15,17,19,26,31H,9-10,12-13,16,30H2,1-2H3,(H,32,34). The Bertz CT molecular complexity index is 1380. The highest BCUT2D eigenvalue weighted by molar-refractivity contribution is 5.79. The van der Waals surface area contributed by atoms with E-state index in [4.69, 9.17) is 15.5 Å². The van der Waals surface area contributed by atoms with Gasteiger partial charge in [0, 0.05) is 43.9 Å². The number of ether oxygens (including phenoxy) is 1. The van der Waals surface area contributed by atoms with E-state index in [0.29, 0.717) is 35.5 Å². The Labute approximate surface area is 222 Å². The average Bonchev–Trinajstić information content (AvgIpc) is 2.96. The molecule has 0 spiro atoms. The lowest BCUT2D eigenvalue weighted by Gasteiger charge is -2.32. The molecule has 1 amide bonds. The number of nitrogens with zero attached hydrogens (tertiary/aromatic N) is 3. The van der Waals surface area contributed by atoms with Gasteiger partial charge in [0.25, 0.3) is 0 Å². The van der Waals surface area contributed by atoms with Gasteiger partial charge in [0.2, 0.25) is 11.8 Å². The van der Waals surface area contributed by atoms with Gasteiger partial charge < -0.3 is 30.8 Å². The summed E-state index contributed by atoms with van der Waals surface area (Å²) < 4.78 is 5.30. The summed E-state index contributed by atoms with van der Waals surface area (Å²) in [6, 6.07) is 13.1. The molecule has 9 heteroatoms. The summed E-state index contributed by atoms with van der Waals surface area (Å²) in [6.07, 6.45) is 6.41. The molecule has 0 bridgehead atoms. The molecule has 2 aliphatic heterocycles. The van der Waals surface area contributed by atoms with Crippen LogP contribution in [0.15, 0.2) is 48.7 Å². The molecule has 38 heavy (non-hydrogen) atoms. The molecular formula is C29H32N6O3. The summed E-state index contributed by atoms with van der Waals surface area (Å²) in [5.41, 5.74) is 12.3. The number of amides is 1. The SMILES string of the molecule is COc1cccc(-c2cc3c(c(Nc4ccc(C5CCN(C(C)=O)CC5)c(CN)c4)n2)C(C=O)NC=C3)n1. The molecule has 1 fully saturated rings. The maximum Gasteiger partial charge on any atom is 0.219 e. The summed E-state index contributed by atoms with van der Waals surface area (Å²) in [6.45, 7) is 3.55. The summed E-state index contributed by atoms with van der Waals surface area (Å²) >= 11 is 0. The van der Waals surface area contributed by atoms with Crippen LogP contribution in [0.1, 0.15) is 54.0 Å². The molecule has 9 nitrogen and oxygen atoms in total. The van der Waals surface area contributed by atoms with Gasteiger partial charge in [-0.3, -0.25) is 4.79 Å². The summed E-state index contributed by atoms with van der Waals surface area (Å²) in [7, 11) is 1.58. The largest absolute Gasteiger partial charge is 0.481 e. The summed E-state index contributed by atoms with van der Waals surface area (Å²) in [4.78, 5) is 35.0. The van der Waals surface area contributed by atoms with Crippen molar-refractivity contribution < 1.29 is 14.3 Å². The molecule has 4 heterocycles. The lowest BCUT2D eigenvalue weighted by atomic mass is 9.86. The highest BCUT2D eigenvalue weighted by atomic mass is 16.5. The van der Waals surface area contributed by atoms with Crippen LogP contribution in [-0.2, 0) is 16.1 Å². The van der Waals surface area contributed by atoms with Gasteiger partial charge in [-0.05, 0) is 72.0 Å². The van der Waals surface area contributed by atoms with Crippen molar-refractivity contribution in [2.75, 3.05) is 25.5 Å². The number of hydrogen-bond acceptors (Lipinski definition) is 8. The zero-order valence-corrected chi connectivity index (χ0v) is 21.6. The first-order chi connectivity index (χ1) is 18.5. The predicted octanol–water partition coefficient (Wildman–Crippen LogP) is 3.89. The first kappa shape index (κ1) is 25.4. The number of rotatable bonds is 7. The number of carbonyl (C=O) groups excluding carboxylic acids is 2. The van der Waals surface area contributed by atoms with Crippen molar-refractivity contribution in [1.82, 2.24) is 20.2 Å². The van der Waals surface area contributed by atoms with Gasteiger partial charge in [0.15, 0.2) is 0 Å². The smallest absolute Gasteiger partial charge is 0.219 e. The van der Waals surface area contributed by atoms with Crippen molar-refractivity contribution in [1.29, 1.82) is 0 Å². The van der Waals surface area contributed by atoms with Crippen molar-refractivity contribution in [3.63, 3.8) is 0 Å². The fourth-order valence-electron chi connectivity index (χ4n) is 5.27. The topological polar surface area (TPSA) is 122 Å². The minimum absolute atomic E-state index is 0.127. The van der Waals surface area contributed by atoms with E-state index < -0.39 is 6.04 Å². The number of benzene rings is 1. The van der Waals surface area contributed by atoms with Gasteiger partial charge in [-0.1, -0.05) is 12.1 Å².